The quantitative estimate of drug-likeness (QED) is 0.402. The van der Waals surface area contributed by atoms with Gasteiger partial charge < -0.3 is 9.47 Å². The highest BCUT2D eigenvalue weighted by atomic mass is 32.2. The molecule has 0 aromatic carbocycles. The minimum atomic E-state index is -3.27. The molecule has 0 amide bonds. The van der Waals surface area contributed by atoms with Crippen molar-refractivity contribution < 1.29 is 27.5 Å². The molecule has 0 radical (unpaired) electrons. The van der Waals surface area contributed by atoms with Crippen LogP contribution in [-0.2, 0) is 29.1 Å². The van der Waals surface area contributed by atoms with Gasteiger partial charge in [0, 0.05) is 18.7 Å². The number of rotatable bonds is 8. The van der Waals surface area contributed by atoms with Crippen LogP contribution in [0.15, 0.2) is 12.2 Å². The van der Waals surface area contributed by atoms with Crippen LogP contribution in [0.4, 0.5) is 0 Å². The van der Waals surface area contributed by atoms with Crippen LogP contribution in [0.1, 0.15) is 38.5 Å². The Bertz CT molecular complexity index is 493. The van der Waals surface area contributed by atoms with Crippen LogP contribution < -0.4 is 4.72 Å². The lowest BCUT2D eigenvalue weighted by atomic mass is 10.0. The number of carbonyl (C=O) groups excluding carboxylic acids is 2. The molecule has 0 heterocycles. The largest absolute Gasteiger partial charge is 0.466 e. The van der Waals surface area contributed by atoms with E-state index in [9.17, 15) is 18.0 Å². The summed E-state index contributed by atoms with van der Waals surface area (Å²) in [7, 11) is -2.07. The fourth-order valence-corrected chi connectivity index (χ4v) is 3.82. The number of nitrogens with one attached hydrogen (secondary N) is 1. The van der Waals surface area contributed by atoms with Gasteiger partial charge in [0.25, 0.3) is 0 Å². The van der Waals surface area contributed by atoms with Crippen molar-refractivity contribution in [1.82, 2.24) is 4.72 Å². The average Bonchev–Trinajstić information content (AvgIpc) is 2.53. The number of hydrogen-bond donors (Lipinski definition) is 1. The van der Waals surface area contributed by atoms with Gasteiger partial charge in [-0.05, 0) is 19.3 Å². The van der Waals surface area contributed by atoms with Crippen LogP contribution in [-0.4, -0.2) is 45.9 Å². The van der Waals surface area contributed by atoms with Crippen LogP contribution in [0.3, 0.4) is 0 Å². The Kier molecular flexibility index (Phi) is 8.11. The van der Waals surface area contributed by atoms with Crippen LogP contribution in [0, 0.1) is 0 Å². The van der Waals surface area contributed by atoms with Crippen LogP contribution >= 0.6 is 0 Å². The average molecular weight is 333 g/mol. The molecule has 0 saturated heterocycles. The third kappa shape index (κ3) is 7.04. The maximum atomic E-state index is 12.0. The first-order valence-electron chi connectivity index (χ1n) is 7.37. The summed E-state index contributed by atoms with van der Waals surface area (Å²) in [6.45, 7) is 0.310. The number of carbonyl (C=O) groups is 2. The fraction of sp³-hybridized carbons (Fsp3) is 0.714. The SMILES string of the molecule is COC(=O)/C=C/C(=O)OCCCNS(=O)(=O)C1CCCCC1. The fourth-order valence-electron chi connectivity index (χ4n) is 2.20. The Morgan fingerprint density at radius 2 is 1.77 bits per heavy atom. The molecule has 1 N–H and O–H groups in total. The number of sulfonamides is 1. The highest BCUT2D eigenvalue weighted by molar-refractivity contribution is 7.90. The minimum absolute atomic E-state index is 0.0809. The maximum Gasteiger partial charge on any atom is 0.331 e. The highest BCUT2D eigenvalue weighted by Gasteiger charge is 2.26. The van der Waals surface area contributed by atoms with Gasteiger partial charge in [0.1, 0.15) is 0 Å². The van der Waals surface area contributed by atoms with E-state index in [1.165, 1.54) is 7.11 Å². The van der Waals surface area contributed by atoms with Gasteiger partial charge in [-0.2, -0.15) is 0 Å². The molecule has 0 aromatic heterocycles. The normalized spacial score (nSPS) is 16.6. The Labute approximate surface area is 131 Å². The molecular formula is C14H23NO6S. The molecule has 126 valence electrons. The van der Waals surface area contributed by atoms with Gasteiger partial charge in [0.15, 0.2) is 0 Å². The smallest absolute Gasteiger partial charge is 0.331 e. The van der Waals surface area contributed by atoms with Crippen LogP contribution in [0.2, 0.25) is 0 Å². The Morgan fingerprint density at radius 1 is 1.14 bits per heavy atom. The van der Waals surface area contributed by atoms with E-state index in [0.29, 0.717) is 19.3 Å². The first-order valence-corrected chi connectivity index (χ1v) is 8.91. The molecule has 0 atom stereocenters. The zero-order valence-corrected chi connectivity index (χ0v) is 13.6. The second-order valence-electron chi connectivity index (χ2n) is 5.08. The van der Waals surface area contributed by atoms with Crippen molar-refractivity contribution in [3.63, 3.8) is 0 Å². The summed E-state index contributed by atoms with van der Waals surface area (Å²) in [5.41, 5.74) is 0. The van der Waals surface area contributed by atoms with Gasteiger partial charge in [-0.25, -0.2) is 22.7 Å². The monoisotopic (exact) mass is 333 g/mol. The summed E-state index contributed by atoms with van der Waals surface area (Å²) in [6.07, 6.45) is 6.74. The Hall–Kier alpha value is -1.41. The molecule has 0 unspecified atom stereocenters. The summed E-state index contributed by atoms with van der Waals surface area (Å²) in [5.74, 6) is -1.31. The van der Waals surface area contributed by atoms with Crippen molar-refractivity contribution in [1.29, 1.82) is 0 Å². The summed E-state index contributed by atoms with van der Waals surface area (Å²) in [4.78, 5) is 22.0. The van der Waals surface area contributed by atoms with Gasteiger partial charge in [0.2, 0.25) is 10.0 Å². The molecule has 8 heteroatoms. The van der Waals surface area contributed by atoms with E-state index in [4.69, 9.17) is 4.74 Å². The lowest BCUT2D eigenvalue weighted by molar-refractivity contribution is -0.139. The van der Waals surface area contributed by atoms with E-state index in [1.807, 2.05) is 0 Å². The highest BCUT2D eigenvalue weighted by Crippen LogP contribution is 2.22. The number of esters is 2. The van der Waals surface area contributed by atoms with Gasteiger partial charge in [-0.1, -0.05) is 19.3 Å². The molecule has 0 bridgehead atoms. The van der Waals surface area contributed by atoms with Gasteiger partial charge in [0.05, 0.1) is 19.0 Å². The number of methoxy groups -OCH3 is 1. The lowest BCUT2D eigenvalue weighted by Crippen LogP contribution is -2.36. The summed E-state index contributed by atoms with van der Waals surface area (Å²) >= 11 is 0. The molecule has 0 aliphatic heterocycles. The van der Waals surface area contributed by atoms with Crippen molar-refractivity contribution >= 4 is 22.0 Å². The third-order valence-corrected chi connectivity index (χ3v) is 5.37. The van der Waals surface area contributed by atoms with Crippen molar-refractivity contribution in [3.05, 3.63) is 12.2 Å². The van der Waals surface area contributed by atoms with Gasteiger partial charge in [-0.15, -0.1) is 0 Å². The topological polar surface area (TPSA) is 98.8 Å². The predicted octanol–water partition coefficient (Wildman–Crippen LogP) is 0.901. The summed E-state index contributed by atoms with van der Waals surface area (Å²) in [5, 5.41) is -0.299. The molecule has 7 nitrogen and oxygen atoms in total. The molecule has 0 spiro atoms. The van der Waals surface area contributed by atoms with Crippen molar-refractivity contribution in [2.75, 3.05) is 20.3 Å². The molecular weight excluding hydrogens is 310 g/mol. The van der Waals surface area contributed by atoms with E-state index in [0.717, 1.165) is 31.4 Å². The third-order valence-electron chi connectivity index (χ3n) is 3.42. The lowest BCUT2D eigenvalue weighted by Gasteiger charge is -2.21. The molecule has 22 heavy (non-hydrogen) atoms. The predicted molar refractivity (Wildman–Crippen MR) is 80.5 cm³/mol. The Balaban J connectivity index is 2.18. The molecule has 1 aliphatic rings. The molecule has 1 aliphatic carbocycles. The first kappa shape index (κ1) is 18.6. The molecule has 1 fully saturated rings. The van der Waals surface area contributed by atoms with Gasteiger partial charge in [-0.3, -0.25) is 0 Å². The maximum absolute atomic E-state index is 12.0. The Morgan fingerprint density at radius 3 is 2.41 bits per heavy atom. The molecule has 1 saturated carbocycles. The zero-order valence-electron chi connectivity index (χ0n) is 12.7. The second kappa shape index (κ2) is 9.58. The molecule has 1 rings (SSSR count). The summed E-state index contributed by atoms with van der Waals surface area (Å²) < 4.78 is 35.7. The van der Waals surface area contributed by atoms with Crippen LogP contribution in [0.5, 0.6) is 0 Å². The first-order chi connectivity index (χ1) is 10.5. The number of hydrogen-bond acceptors (Lipinski definition) is 6. The van der Waals surface area contributed by atoms with E-state index in [1.54, 1.807) is 0 Å². The zero-order chi connectivity index (χ0) is 16.4. The standard InChI is InChI=1S/C14H23NO6S/c1-20-13(16)8-9-14(17)21-11-5-10-15-22(18,19)12-6-3-2-4-7-12/h8-9,12,15H,2-7,10-11H2,1H3/b9-8+. The molecule has 0 aromatic rings. The van der Waals surface area contributed by atoms with E-state index in [-0.39, 0.29) is 18.4 Å². The summed E-state index contributed by atoms with van der Waals surface area (Å²) in [6, 6.07) is 0. The number of ether oxygens (including phenoxy) is 2. The van der Waals surface area contributed by atoms with E-state index in [2.05, 4.69) is 9.46 Å². The minimum Gasteiger partial charge on any atom is -0.466 e. The van der Waals surface area contributed by atoms with Crippen molar-refractivity contribution in [2.24, 2.45) is 0 Å². The van der Waals surface area contributed by atoms with Crippen molar-refractivity contribution in [2.45, 2.75) is 43.8 Å². The van der Waals surface area contributed by atoms with E-state index >= 15 is 0 Å². The van der Waals surface area contributed by atoms with Gasteiger partial charge >= 0.3 is 11.9 Å². The van der Waals surface area contributed by atoms with E-state index < -0.39 is 22.0 Å². The van der Waals surface area contributed by atoms with Crippen molar-refractivity contribution in [3.8, 4) is 0 Å². The van der Waals surface area contributed by atoms with Crippen LogP contribution in [0.25, 0.3) is 0 Å². The second-order valence-corrected chi connectivity index (χ2v) is 7.12.